The second kappa shape index (κ2) is 8.84. The predicted molar refractivity (Wildman–Crippen MR) is 109 cm³/mol. The molecule has 0 amide bonds. The molecule has 166 valence electrons. The van der Waals surface area contributed by atoms with Crippen molar-refractivity contribution in [3.8, 4) is 0 Å². The Balaban J connectivity index is 1.47. The summed E-state index contributed by atoms with van der Waals surface area (Å²) in [7, 11) is 1.70. The SMILES string of the molecule is CNCC1OCC(CNC[C@@H]2OCCc3sc(F)c(C)c32)c2scc(C(F)(F)F)c21. The van der Waals surface area contributed by atoms with Gasteiger partial charge >= 0.3 is 6.18 Å². The molecule has 0 saturated heterocycles. The Morgan fingerprint density at radius 2 is 1.90 bits per heavy atom. The van der Waals surface area contributed by atoms with Gasteiger partial charge in [-0.05, 0) is 14.0 Å². The van der Waals surface area contributed by atoms with E-state index in [2.05, 4.69) is 10.6 Å². The molecule has 0 spiro atoms. The van der Waals surface area contributed by atoms with Crippen molar-refractivity contribution in [2.75, 3.05) is 39.9 Å². The lowest BCUT2D eigenvalue weighted by Crippen LogP contribution is -2.35. The maximum absolute atomic E-state index is 14.0. The van der Waals surface area contributed by atoms with Crippen molar-refractivity contribution in [1.29, 1.82) is 0 Å². The van der Waals surface area contributed by atoms with Gasteiger partial charge in [-0.25, -0.2) is 0 Å². The smallest absolute Gasteiger partial charge is 0.372 e. The van der Waals surface area contributed by atoms with Gasteiger partial charge in [0.05, 0.1) is 31.0 Å². The van der Waals surface area contributed by atoms with E-state index in [1.54, 1.807) is 14.0 Å². The molecule has 2 aromatic rings. The fourth-order valence-corrected chi connectivity index (χ4v) is 6.50. The molecule has 0 aliphatic carbocycles. The van der Waals surface area contributed by atoms with Crippen molar-refractivity contribution in [2.45, 2.75) is 37.6 Å². The Morgan fingerprint density at radius 3 is 2.63 bits per heavy atom. The lowest BCUT2D eigenvalue weighted by Gasteiger charge is -2.31. The zero-order valence-electron chi connectivity index (χ0n) is 16.7. The summed E-state index contributed by atoms with van der Waals surface area (Å²) in [4.78, 5) is 1.75. The maximum atomic E-state index is 14.0. The highest BCUT2D eigenvalue weighted by atomic mass is 32.1. The van der Waals surface area contributed by atoms with Gasteiger partial charge in [0.2, 0.25) is 0 Å². The monoisotopic (exact) mass is 464 g/mol. The lowest BCUT2D eigenvalue weighted by molar-refractivity contribution is -0.139. The first kappa shape index (κ1) is 22.2. The largest absolute Gasteiger partial charge is 0.417 e. The number of alkyl halides is 3. The fourth-order valence-electron chi connectivity index (χ4n) is 4.23. The van der Waals surface area contributed by atoms with Gasteiger partial charge in [-0.2, -0.15) is 17.6 Å². The summed E-state index contributed by atoms with van der Waals surface area (Å²) in [5, 5.41) is 7.27. The summed E-state index contributed by atoms with van der Waals surface area (Å²) in [6.45, 7) is 3.94. The third kappa shape index (κ3) is 4.18. The van der Waals surface area contributed by atoms with E-state index in [1.165, 1.54) is 16.7 Å². The van der Waals surface area contributed by atoms with Gasteiger partial charge in [0, 0.05) is 63.8 Å². The predicted octanol–water partition coefficient (Wildman–Crippen LogP) is 4.55. The van der Waals surface area contributed by atoms with Crippen LogP contribution < -0.4 is 10.6 Å². The molecule has 2 N–H and O–H groups in total. The molecular weight excluding hydrogens is 440 g/mol. The van der Waals surface area contributed by atoms with Crippen LogP contribution in [0.25, 0.3) is 0 Å². The van der Waals surface area contributed by atoms with Crippen LogP contribution in [0.2, 0.25) is 0 Å². The first-order valence-electron chi connectivity index (χ1n) is 9.85. The van der Waals surface area contributed by atoms with Crippen LogP contribution in [-0.4, -0.2) is 39.9 Å². The zero-order valence-corrected chi connectivity index (χ0v) is 18.3. The molecule has 2 aliphatic heterocycles. The van der Waals surface area contributed by atoms with Crippen LogP contribution in [0.3, 0.4) is 0 Å². The minimum Gasteiger partial charge on any atom is -0.372 e. The zero-order chi connectivity index (χ0) is 21.5. The second-order valence-electron chi connectivity index (χ2n) is 7.61. The van der Waals surface area contributed by atoms with Gasteiger partial charge in [0.15, 0.2) is 5.13 Å². The molecule has 30 heavy (non-hydrogen) atoms. The number of thiophene rings is 2. The Bertz CT molecular complexity index is 896. The Kier molecular flexibility index (Phi) is 6.53. The summed E-state index contributed by atoms with van der Waals surface area (Å²) in [6.07, 6.45) is -4.54. The molecule has 10 heteroatoms. The molecule has 0 radical (unpaired) electrons. The molecule has 2 aromatic heterocycles. The number of halogens is 4. The quantitative estimate of drug-likeness (QED) is 0.616. The molecule has 2 unspecified atom stereocenters. The summed E-state index contributed by atoms with van der Waals surface area (Å²) < 4.78 is 66.1. The van der Waals surface area contributed by atoms with E-state index in [0.29, 0.717) is 44.8 Å². The molecule has 4 nitrogen and oxygen atoms in total. The Hall–Kier alpha value is -1.04. The minimum absolute atomic E-state index is 0.169. The van der Waals surface area contributed by atoms with Crippen LogP contribution in [0.1, 0.15) is 50.1 Å². The normalized spacial score (nSPS) is 24.0. The minimum atomic E-state index is -4.40. The van der Waals surface area contributed by atoms with E-state index in [9.17, 15) is 17.6 Å². The van der Waals surface area contributed by atoms with Gasteiger partial charge in [0.25, 0.3) is 0 Å². The Morgan fingerprint density at radius 1 is 1.13 bits per heavy atom. The number of hydrogen-bond donors (Lipinski definition) is 2. The van der Waals surface area contributed by atoms with E-state index < -0.39 is 17.8 Å². The first-order chi connectivity index (χ1) is 14.3. The molecule has 3 atom stereocenters. The topological polar surface area (TPSA) is 42.5 Å². The lowest BCUT2D eigenvalue weighted by atomic mass is 9.94. The summed E-state index contributed by atoms with van der Waals surface area (Å²) >= 11 is 2.33. The molecule has 0 aromatic carbocycles. The molecule has 0 bridgehead atoms. The molecule has 2 aliphatic rings. The number of likely N-dealkylation sites (N-methyl/N-ethyl adjacent to an activating group) is 1. The number of ether oxygens (including phenoxy) is 2. The van der Waals surface area contributed by atoms with Crippen molar-refractivity contribution < 1.29 is 27.0 Å². The van der Waals surface area contributed by atoms with Crippen LogP contribution >= 0.6 is 22.7 Å². The Labute approximate surface area is 180 Å². The van der Waals surface area contributed by atoms with Crippen molar-refractivity contribution in [3.05, 3.63) is 42.5 Å². The van der Waals surface area contributed by atoms with Crippen LogP contribution in [-0.2, 0) is 22.1 Å². The van der Waals surface area contributed by atoms with Crippen LogP contribution in [0.5, 0.6) is 0 Å². The van der Waals surface area contributed by atoms with Gasteiger partial charge in [-0.1, -0.05) is 0 Å². The maximum Gasteiger partial charge on any atom is 0.417 e. The van der Waals surface area contributed by atoms with Gasteiger partial charge < -0.3 is 20.1 Å². The van der Waals surface area contributed by atoms with Crippen LogP contribution in [0, 0.1) is 12.1 Å². The summed E-state index contributed by atoms with van der Waals surface area (Å²) in [5.74, 6) is -0.169. The number of hydrogen-bond acceptors (Lipinski definition) is 6. The van der Waals surface area contributed by atoms with E-state index in [4.69, 9.17) is 9.47 Å². The van der Waals surface area contributed by atoms with Crippen molar-refractivity contribution in [3.63, 3.8) is 0 Å². The van der Waals surface area contributed by atoms with Crippen molar-refractivity contribution >= 4 is 22.7 Å². The van der Waals surface area contributed by atoms with E-state index >= 15 is 0 Å². The summed E-state index contributed by atoms with van der Waals surface area (Å²) in [5.41, 5.74) is 1.21. The average Bonchev–Trinajstić information content (AvgIpc) is 3.26. The molecule has 0 fully saturated rings. The number of rotatable bonds is 6. The standard InChI is InChI=1S/C20H24F4N2O2S2/c1-10-16-14(27-4-3-15(16)30-19(10)21)7-26-5-11-8-28-13(6-25-2)17-12(20(22,23)24)9-29-18(11)17/h9,11,13-14,25-26H,3-8H2,1-2H3/t11?,13?,14-/m0/s1. The number of fused-ring (bicyclic) bond motifs is 2. The van der Waals surface area contributed by atoms with Gasteiger partial charge in [0.1, 0.15) is 0 Å². The third-order valence-corrected chi connectivity index (χ3v) is 7.96. The molecule has 0 saturated carbocycles. The fraction of sp³-hybridized carbons (Fsp3) is 0.600. The highest BCUT2D eigenvalue weighted by Gasteiger charge is 2.41. The van der Waals surface area contributed by atoms with Crippen molar-refractivity contribution in [2.24, 2.45) is 0 Å². The van der Waals surface area contributed by atoms with Gasteiger partial charge in [-0.15, -0.1) is 22.7 Å². The van der Waals surface area contributed by atoms with Crippen LogP contribution in [0.4, 0.5) is 17.6 Å². The first-order valence-corrected chi connectivity index (χ1v) is 11.6. The highest BCUT2D eigenvalue weighted by Crippen LogP contribution is 2.46. The van der Waals surface area contributed by atoms with E-state index in [1.807, 2.05) is 0 Å². The third-order valence-electron chi connectivity index (χ3n) is 5.65. The highest BCUT2D eigenvalue weighted by molar-refractivity contribution is 7.10. The average molecular weight is 465 g/mol. The second-order valence-corrected chi connectivity index (χ2v) is 9.57. The number of nitrogens with one attached hydrogen (secondary N) is 2. The molecule has 4 rings (SSSR count). The van der Waals surface area contributed by atoms with E-state index in [0.717, 1.165) is 26.7 Å². The van der Waals surface area contributed by atoms with E-state index in [-0.39, 0.29) is 22.7 Å². The van der Waals surface area contributed by atoms with Crippen LogP contribution in [0.15, 0.2) is 5.38 Å². The van der Waals surface area contributed by atoms with Crippen molar-refractivity contribution in [1.82, 2.24) is 10.6 Å². The van der Waals surface area contributed by atoms with Gasteiger partial charge in [-0.3, -0.25) is 0 Å². The summed E-state index contributed by atoms with van der Waals surface area (Å²) in [6, 6.07) is 0. The molecule has 4 heterocycles. The molecular formula is C20H24F4N2O2S2.